The van der Waals surface area contributed by atoms with E-state index in [0.29, 0.717) is 25.9 Å². The molecule has 0 aromatic carbocycles. The van der Waals surface area contributed by atoms with Crippen molar-refractivity contribution in [3.05, 3.63) is 22.4 Å². The van der Waals surface area contributed by atoms with Crippen LogP contribution in [0.5, 0.6) is 0 Å². The Bertz CT molecular complexity index is 489. The van der Waals surface area contributed by atoms with Crippen LogP contribution in [-0.4, -0.2) is 41.0 Å². The van der Waals surface area contributed by atoms with Crippen molar-refractivity contribution in [3.63, 3.8) is 0 Å². The summed E-state index contributed by atoms with van der Waals surface area (Å²) in [5.74, 6) is -1.00. The van der Waals surface area contributed by atoms with Crippen LogP contribution in [0.1, 0.15) is 37.6 Å². The standard InChI is InChI=1S/C15H22N2O3S/c1-10-8-12(15(19)20)5-6-17(10)9-14(18)16-11(2)13-4-3-7-21-13/h3-4,7,10-12H,5-6,8-9H2,1-2H3,(H,16,18)(H,19,20). The van der Waals surface area contributed by atoms with E-state index >= 15 is 0 Å². The lowest BCUT2D eigenvalue weighted by atomic mass is 9.92. The number of thiophene rings is 1. The van der Waals surface area contributed by atoms with Gasteiger partial charge in [-0.1, -0.05) is 6.07 Å². The molecule has 116 valence electrons. The van der Waals surface area contributed by atoms with Crippen LogP contribution >= 0.6 is 11.3 Å². The summed E-state index contributed by atoms with van der Waals surface area (Å²) in [5, 5.41) is 14.0. The minimum absolute atomic E-state index is 0.00322. The van der Waals surface area contributed by atoms with E-state index < -0.39 is 5.97 Å². The molecule has 0 aliphatic carbocycles. The number of amides is 1. The molecule has 2 N–H and O–H groups in total. The van der Waals surface area contributed by atoms with Crippen molar-refractivity contribution >= 4 is 23.2 Å². The zero-order chi connectivity index (χ0) is 15.4. The summed E-state index contributed by atoms with van der Waals surface area (Å²) in [5.41, 5.74) is 0. The first-order chi connectivity index (χ1) is 9.97. The molecular weight excluding hydrogens is 288 g/mol. The Morgan fingerprint density at radius 3 is 2.90 bits per heavy atom. The van der Waals surface area contributed by atoms with Gasteiger partial charge in [0.2, 0.25) is 5.91 Å². The minimum atomic E-state index is -0.725. The van der Waals surface area contributed by atoms with Crippen molar-refractivity contribution < 1.29 is 14.7 Å². The average Bonchev–Trinajstić information content (AvgIpc) is 2.94. The lowest BCUT2D eigenvalue weighted by Crippen LogP contribution is -2.47. The number of nitrogens with zero attached hydrogens (tertiary/aromatic N) is 1. The summed E-state index contributed by atoms with van der Waals surface area (Å²) >= 11 is 1.63. The number of aliphatic carboxylic acids is 1. The number of hydrogen-bond donors (Lipinski definition) is 2. The Balaban J connectivity index is 1.82. The molecule has 1 saturated heterocycles. The third-order valence-corrected chi connectivity index (χ3v) is 5.11. The smallest absolute Gasteiger partial charge is 0.306 e. The van der Waals surface area contributed by atoms with Crippen LogP contribution in [0.4, 0.5) is 0 Å². The second-order valence-electron chi connectivity index (χ2n) is 5.68. The zero-order valence-electron chi connectivity index (χ0n) is 12.4. The highest BCUT2D eigenvalue weighted by Crippen LogP contribution is 2.23. The first-order valence-electron chi connectivity index (χ1n) is 7.27. The van der Waals surface area contributed by atoms with Gasteiger partial charge >= 0.3 is 5.97 Å². The van der Waals surface area contributed by atoms with Gasteiger partial charge in [0.05, 0.1) is 18.5 Å². The van der Waals surface area contributed by atoms with Crippen LogP contribution in [0.3, 0.4) is 0 Å². The monoisotopic (exact) mass is 310 g/mol. The molecule has 6 heteroatoms. The molecule has 3 atom stereocenters. The van der Waals surface area contributed by atoms with Gasteiger partial charge in [-0.15, -0.1) is 11.3 Å². The van der Waals surface area contributed by atoms with Gasteiger partial charge in [-0.2, -0.15) is 0 Å². The molecule has 0 saturated carbocycles. The number of piperidine rings is 1. The quantitative estimate of drug-likeness (QED) is 0.874. The van der Waals surface area contributed by atoms with Crippen LogP contribution in [0, 0.1) is 5.92 Å². The van der Waals surface area contributed by atoms with E-state index in [1.54, 1.807) is 11.3 Å². The van der Waals surface area contributed by atoms with Gasteiger partial charge < -0.3 is 10.4 Å². The summed E-state index contributed by atoms with van der Waals surface area (Å²) in [7, 11) is 0. The van der Waals surface area contributed by atoms with E-state index in [9.17, 15) is 9.59 Å². The molecule has 5 nitrogen and oxygen atoms in total. The van der Waals surface area contributed by atoms with Gasteiger partial charge in [0, 0.05) is 10.9 Å². The molecule has 1 aliphatic rings. The van der Waals surface area contributed by atoms with E-state index in [2.05, 4.69) is 10.2 Å². The average molecular weight is 310 g/mol. The molecule has 1 aromatic rings. The van der Waals surface area contributed by atoms with E-state index in [1.807, 2.05) is 31.4 Å². The third-order valence-electron chi connectivity index (χ3n) is 4.06. The highest BCUT2D eigenvalue weighted by molar-refractivity contribution is 7.10. The normalized spacial score (nSPS) is 24.5. The number of likely N-dealkylation sites (tertiary alicyclic amines) is 1. The van der Waals surface area contributed by atoms with Gasteiger partial charge in [0.25, 0.3) is 0 Å². The Morgan fingerprint density at radius 2 is 2.33 bits per heavy atom. The predicted molar refractivity (Wildman–Crippen MR) is 82.3 cm³/mol. The van der Waals surface area contributed by atoms with Crippen LogP contribution in [0.2, 0.25) is 0 Å². The highest BCUT2D eigenvalue weighted by atomic mass is 32.1. The SMILES string of the molecule is CC(NC(=O)CN1CCC(C(=O)O)CC1C)c1cccs1. The van der Waals surface area contributed by atoms with Gasteiger partial charge in [0.15, 0.2) is 0 Å². The summed E-state index contributed by atoms with van der Waals surface area (Å²) in [6, 6.07) is 4.13. The van der Waals surface area contributed by atoms with Gasteiger partial charge in [0.1, 0.15) is 0 Å². The number of rotatable bonds is 5. The molecule has 0 radical (unpaired) electrons. The summed E-state index contributed by atoms with van der Waals surface area (Å²) in [6.45, 7) is 4.97. The Kier molecular flexibility index (Phi) is 5.36. The second kappa shape index (κ2) is 7.04. The third kappa shape index (κ3) is 4.28. The molecule has 0 spiro atoms. The fraction of sp³-hybridized carbons (Fsp3) is 0.600. The molecule has 1 amide bonds. The van der Waals surface area contributed by atoms with Crippen LogP contribution < -0.4 is 5.32 Å². The van der Waals surface area contributed by atoms with E-state index in [1.165, 1.54) is 0 Å². The summed E-state index contributed by atoms with van der Waals surface area (Å²) in [4.78, 5) is 26.3. The molecular formula is C15H22N2O3S. The largest absolute Gasteiger partial charge is 0.481 e. The van der Waals surface area contributed by atoms with Gasteiger partial charge in [-0.25, -0.2) is 0 Å². The second-order valence-corrected chi connectivity index (χ2v) is 6.66. The molecule has 3 unspecified atom stereocenters. The van der Waals surface area contributed by atoms with Crippen molar-refractivity contribution in [1.29, 1.82) is 0 Å². The maximum atomic E-state index is 12.1. The van der Waals surface area contributed by atoms with Crippen molar-refractivity contribution in [3.8, 4) is 0 Å². The van der Waals surface area contributed by atoms with Crippen LogP contribution in [0.15, 0.2) is 17.5 Å². The first kappa shape index (κ1) is 16.0. The molecule has 1 aromatic heterocycles. The highest BCUT2D eigenvalue weighted by Gasteiger charge is 2.30. The van der Waals surface area contributed by atoms with Crippen molar-refractivity contribution in [1.82, 2.24) is 10.2 Å². The minimum Gasteiger partial charge on any atom is -0.481 e. The van der Waals surface area contributed by atoms with Crippen molar-refractivity contribution in [2.24, 2.45) is 5.92 Å². The van der Waals surface area contributed by atoms with Crippen LogP contribution in [0.25, 0.3) is 0 Å². The van der Waals surface area contributed by atoms with Crippen molar-refractivity contribution in [2.45, 2.75) is 38.8 Å². The van der Waals surface area contributed by atoms with E-state index in [-0.39, 0.29) is 23.9 Å². The maximum Gasteiger partial charge on any atom is 0.306 e. The molecule has 2 rings (SSSR count). The number of carboxylic acids is 1. The fourth-order valence-corrected chi connectivity index (χ4v) is 3.49. The van der Waals surface area contributed by atoms with Crippen molar-refractivity contribution in [2.75, 3.05) is 13.1 Å². The van der Waals surface area contributed by atoms with E-state index in [4.69, 9.17) is 5.11 Å². The Hall–Kier alpha value is -1.40. The molecule has 0 bridgehead atoms. The van der Waals surface area contributed by atoms with Crippen LogP contribution in [-0.2, 0) is 9.59 Å². The number of carbonyl (C=O) groups is 2. The van der Waals surface area contributed by atoms with Gasteiger partial charge in [-0.3, -0.25) is 14.5 Å². The maximum absolute atomic E-state index is 12.1. The lowest BCUT2D eigenvalue weighted by Gasteiger charge is -2.35. The predicted octanol–water partition coefficient (Wildman–Crippen LogP) is 2.11. The summed E-state index contributed by atoms with van der Waals surface area (Å²) < 4.78 is 0. The molecule has 1 fully saturated rings. The number of nitrogens with one attached hydrogen (secondary N) is 1. The molecule has 21 heavy (non-hydrogen) atoms. The first-order valence-corrected chi connectivity index (χ1v) is 8.15. The Labute approximate surface area is 129 Å². The summed E-state index contributed by atoms with van der Waals surface area (Å²) in [6.07, 6.45) is 1.23. The topological polar surface area (TPSA) is 69.6 Å². The van der Waals surface area contributed by atoms with E-state index in [0.717, 1.165) is 4.88 Å². The molecule has 1 aliphatic heterocycles. The number of carboxylic acid groups (broad SMARTS) is 1. The lowest BCUT2D eigenvalue weighted by molar-refractivity contribution is -0.144. The fourth-order valence-electron chi connectivity index (χ4n) is 2.76. The van der Waals surface area contributed by atoms with Gasteiger partial charge in [-0.05, 0) is 44.7 Å². The Morgan fingerprint density at radius 1 is 1.57 bits per heavy atom. The number of hydrogen-bond acceptors (Lipinski definition) is 4. The molecule has 2 heterocycles. The number of carbonyl (C=O) groups excluding carboxylic acids is 1. The zero-order valence-corrected chi connectivity index (χ0v) is 13.2.